The molecule has 0 fully saturated rings. The van der Waals surface area contributed by atoms with Gasteiger partial charge in [0.1, 0.15) is 11.0 Å². The fourth-order valence-corrected chi connectivity index (χ4v) is 2.17. The van der Waals surface area contributed by atoms with Gasteiger partial charge >= 0.3 is 0 Å². The van der Waals surface area contributed by atoms with Gasteiger partial charge in [-0.3, -0.25) is 4.72 Å². The summed E-state index contributed by atoms with van der Waals surface area (Å²) in [6, 6.07) is 4.52. The van der Waals surface area contributed by atoms with Gasteiger partial charge in [0, 0.05) is 6.04 Å². The lowest BCUT2D eigenvalue weighted by Crippen LogP contribution is -2.35. The molecule has 0 saturated carbocycles. The third kappa shape index (κ3) is 4.46. The molecule has 84 valence electrons. The van der Waals surface area contributed by atoms with Crippen LogP contribution in [0.5, 0.6) is 0 Å². The Morgan fingerprint density at radius 2 is 2.07 bits per heavy atom. The van der Waals surface area contributed by atoms with Crippen molar-refractivity contribution in [3.05, 3.63) is 23.4 Å². The standard InChI is InChI=1S/C8H12ClN3O2S/c1-6(2)11-15(13,14)12-8-5-3-4-7(9)10-8/h3-6,11H,1-2H3,(H,10,12). The molecule has 7 heteroatoms. The molecule has 0 spiro atoms. The molecular weight excluding hydrogens is 238 g/mol. The van der Waals surface area contributed by atoms with Gasteiger partial charge in [-0.25, -0.2) is 4.98 Å². The zero-order valence-electron chi connectivity index (χ0n) is 8.36. The predicted molar refractivity (Wildman–Crippen MR) is 60.1 cm³/mol. The van der Waals surface area contributed by atoms with Gasteiger partial charge in [-0.2, -0.15) is 13.1 Å². The van der Waals surface area contributed by atoms with Gasteiger partial charge in [0.15, 0.2) is 0 Å². The molecule has 0 atom stereocenters. The van der Waals surface area contributed by atoms with Crippen molar-refractivity contribution in [2.75, 3.05) is 4.72 Å². The number of pyridine rings is 1. The summed E-state index contributed by atoms with van der Waals surface area (Å²) in [5.41, 5.74) is 0. The molecule has 0 bridgehead atoms. The quantitative estimate of drug-likeness (QED) is 0.793. The third-order valence-electron chi connectivity index (χ3n) is 1.34. The zero-order valence-corrected chi connectivity index (χ0v) is 9.93. The molecule has 0 aliphatic rings. The lowest BCUT2D eigenvalue weighted by atomic mass is 10.4. The smallest absolute Gasteiger partial charge is 0.255 e. The first-order valence-corrected chi connectivity index (χ1v) is 6.18. The van der Waals surface area contributed by atoms with Crippen LogP contribution in [0.3, 0.4) is 0 Å². The first-order chi connectivity index (χ1) is 6.89. The summed E-state index contributed by atoms with van der Waals surface area (Å²) in [5.74, 6) is 0.190. The van der Waals surface area contributed by atoms with E-state index in [0.717, 1.165) is 0 Å². The van der Waals surface area contributed by atoms with Crippen molar-refractivity contribution in [2.45, 2.75) is 19.9 Å². The summed E-state index contributed by atoms with van der Waals surface area (Å²) < 4.78 is 27.5. The summed E-state index contributed by atoms with van der Waals surface area (Å²) in [7, 11) is -3.57. The first kappa shape index (κ1) is 12.2. The molecule has 0 aromatic carbocycles. The highest BCUT2D eigenvalue weighted by Gasteiger charge is 2.11. The van der Waals surface area contributed by atoms with Crippen molar-refractivity contribution in [1.82, 2.24) is 9.71 Å². The molecule has 1 aromatic heterocycles. The van der Waals surface area contributed by atoms with Crippen molar-refractivity contribution < 1.29 is 8.42 Å². The highest BCUT2D eigenvalue weighted by Crippen LogP contribution is 2.10. The van der Waals surface area contributed by atoms with Crippen LogP contribution in [0.15, 0.2) is 18.2 Å². The monoisotopic (exact) mass is 249 g/mol. The topological polar surface area (TPSA) is 71.1 Å². The van der Waals surface area contributed by atoms with Gasteiger partial charge < -0.3 is 0 Å². The lowest BCUT2D eigenvalue weighted by molar-refractivity contribution is 0.575. The molecule has 0 aliphatic heterocycles. The van der Waals surface area contributed by atoms with E-state index in [1.165, 1.54) is 6.07 Å². The Kier molecular flexibility index (Phi) is 3.90. The van der Waals surface area contributed by atoms with Crippen LogP contribution in [0.2, 0.25) is 5.15 Å². The molecule has 0 unspecified atom stereocenters. The predicted octanol–water partition coefficient (Wildman–Crippen LogP) is 1.39. The molecule has 0 amide bonds. The largest absolute Gasteiger partial charge is 0.300 e. The Labute approximate surface area is 94.0 Å². The van der Waals surface area contributed by atoms with Gasteiger partial charge in [-0.15, -0.1) is 0 Å². The molecule has 0 saturated heterocycles. The van der Waals surface area contributed by atoms with E-state index in [-0.39, 0.29) is 17.0 Å². The maximum Gasteiger partial charge on any atom is 0.300 e. The van der Waals surface area contributed by atoms with Crippen LogP contribution in [0.25, 0.3) is 0 Å². The molecule has 5 nitrogen and oxygen atoms in total. The Bertz CT molecular complexity index is 433. The van der Waals surface area contributed by atoms with Gasteiger partial charge in [0.2, 0.25) is 0 Å². The van der Waals surface area contributed by atoms with E-state index >= 15 is 0 Å². The lowest BCUT2D eigenvalue weighted by Gasteiger charge is -2.10. The van der Waals surface area contributed by atoms with Gasteiger partial charge in [-0.05, 0) is 26.0 Å². The summed E-state index contributed by atoms with van der Waals surface area (Å²) in [6.07, 6.45) is 0. The summed E-state index contributed by atoms with van der Waals surface area (Å²) in [5, 5.41) is 0.236. The van der Waals surface area contributed by atoms with Gasteiger partial charge in [-0.1, -0.05) is 17.7 Å². The second-order valence-corrected chi connectivity index (χ2v) is 5.06. The van der Waals surface area contributed by atoms with Crippen LogP contribution < -0.4 is 9.44 Å². The number of rotatable bonds is 4. The molecule has 2 N–H and O–H groups in total. The Morgan fingerprint density at radius 1 is 1.40 bits per heavy atom. The van der Waals surface area contributed by atoms with Crippen LogP contribution >= 0.6 is 11.6 Å². The van der Waals surface area contributed by atoms with Crippen molar-refractivity contribution in [3.8, 4) is 0 Å². The SMILES string of the molecule is CC(C)NS(=O)(=O)Nc1cccc(Cl)n1. The molecule has 0 radical (unpaired) electrons. The molecule has 1 heterocycles. The average molecular weight is 250 g/mol. The fourth-order valence-electron chi connectivity index (χ4n) is 0.943. The molecular formula is C8H12ClN3O2S. The third-order valence-corrected chi connectivity index (χ3v) is 2.81. The fraction of sp³-hybridized carbons (Fsp3) is 0.375. The van der Waals surface area contributed by atoms with E-state index < -0.39 is 10.2 Å². The van der Waals surface area contributed by atoms with E-state index in [1.807, 2.05) is 0 Å². The first-order valence-electron chi connectivity index (χ1n) is 4.32. The normalized spacial score (nSPS) is 11.7. The van der Waals surface area contributed by atoms with Crippen LogP contribution in [-0.4, -0.2) is 19.4 Å². The van der Waals surface area contributed by atoms with Crippen molar-refractivity contribution in [2.24, 2.45) is 0 Å². The van der Waals surface area contributed by atoms with Gasteiger partial charge in [0.05, 0.1) is 0 Å². The second kappa shape index (κ2) is 4.78. The van der Waals surface area contributed by atoms with Crippen LogP contribution in [0.1, 0.15) is 13.8 Å². The van der Waals surface area contributed by atoms with E-state index in [2.05, 4.69) is 14.4 Å². The van der Waals surface area contributed by atoms with Crippen LogP contribution in [0, 0.1) is 0 Å². The van der Waals surface area contributed by atoms with Crippen molar-refractivity contribution >= 4 is 27.6 Å². The highest BCUT2D eigenvalue weighted by molar-refractivity contribution is 7.90. The maximum atomic E-state index is 11.4. The van der Waals surface area contributed by atoms with Crippen molar-refractivity contribution in [1.29, 1.82) is 0 Å². The number of nitrogens with zero attached hydrogens (tertiary/aromatic N) is 1. The minimum Gasteiger partial charge on any atom is -0.255 e. The summed E-state index contributed by atoms with van der Waals surface area (Å²) >= 11 is 5.61. The number of aromatic nitrogens is 1. The van der Waals surface area contributed by atoms with E-state index in [1.54, 1.807) is 26.0 Å². The van der Waals surface area contributed by atoms with Gasteiger partial charge in [0.25, 0.3) is 10.2 Å². The Morgan fingerprint density at radius 3 is 2.60 bits per heavy atom. The van der Waals surface area contributed by atoms with E-state index in [0.29, 0.717) is 0 Å². The van der Waals surface area contributed by atoms with Crippen LogP contribution in [-0.2, 0) is 10.2 Å². The zero-order chi connectivity index (χ0) is 11.5. The van der Waals surface area contributed by atoms with E-state index in [4.69, 9.17) is 11.6 Å². The molecule has 1 rings (SSSR count). The summed E-state index contributed by atoms with van der Waals surface area (Å²) in [6.45, 7) is 3.45. The second-order valence-electron chi connectivity index (χ2n) is 3.22. The Hall–Kier alpha value is -0.850. The molecule has 15 heavy (non-hydrogen) atoms. The minimum atomic E-state index is -3.57. The van der Waals surface area contributed by atoms with E-state index in [9.17, 15) is 8.42 Å². The molecule has 1 aromatic rings. The number of anilines is 1. The van der Waals surface area contributed by atoms with Crippen molar-refractivity contribution in [3.63, 3.8) is 0 Å². The maximum absolute atomic E-state index is 11.4. The minimum absolute atomic E-state index is 0.179. The average Bonchev–Trinajstić information content (AvgIpc) is 1.99. The number of halogens is 1. The van der Waals surface area contributed by atoms with Crippen LogP contribution in [0.4, 0.5) is 5.82 Å². The number of hydrogen-bond donors (Lipinski definition) is 2. The Balaban J connectivity index is 2.78. The number of nitrogens with one attached hydrogen (secondary N) is 2. The highest BCUT2D eigenvalue weighted by atomic mass is 35.5. The molecule has 0 aliphatic carbocycles. The number of hydrogen-bond acceptors (Lipinski definition) is 3. The summed E-state index contributed by atoms with van der Waals surface area (Å²) in [4.78, 5) is 3.80.